The van der Waals surface area contributed by atoms with Gasteiger partial charge in [0.25, 0.3) is 0 Å². The molecule has 3 aromatic rings. The maximum atomic E-state index is 6.09. The first-order valence-corrected chi connectivity index (χ1v) is 14.7. The van der Waals surface area contributed by atoms with E-state index in [4.69, 9.17) is 34.0 Å². The van der Waals surface area contributed by atoms with E-state index in [9.17, 15) is 0 Å². The van der Waals surface area contributed by atoms with Crippen LogP contribution in [0.2, 0.25) is 0 Å². The minimum Gasteiger partial charge on any atom is -0.346 e. The Kier molecular flexibility index (Phi) is 10.4. The van der Waals surface area contributed by atoms with E-state index in [2.05, 4.69) is 28.0 Å². The van der Waals surface area contributed by atoms with Gasteiger partial charge in [0.15, 0.2) is 0 Å². The summed E-state index contributed by atoms with van der Waals surface area (Å²) in [5.74, 6) is -2.09. The quantitative estimate of drug-likeness (QED) is 0.147. The molecule has 2 aliphatic rings. The molecule has 0 N–H and O–H groups in total. The molecule has 0 radical (unpaired) electrons. The van der Waals surface area contributed by atoms with Gasteiger partial charge in [-0.05, 0) is 50.9 Å². The molecule has 2 fully saturated rings. The summed E-state index contributed by atoms with van der Waals surface area (Å²) < 4.78 is 12.2. The first-order chi connectivity index (χ1) is 20.6. The van der Waals surface area contributed by atoms with Gasteiger partial charge < -0.3 is 9.47 Å². The highest BCUT2D eigenvalue weighted by Crippen LogP contribution is 2.41. The molecule has 0 aliphatic carbocycles. The molecule has 9 heteroatoms. The van der Waals surface area contributed by atoms with Crippen LogP contribution in [0.25, 0.3) is 0 Å². The molecule has 3 heterocycles. The van der Waals surface area contributed by atoms with Gasteiger partial charge in [-0.15, -0.1) is 0 Å². The Labute approximate surface area is 249 Å². The molecule has 4 atom stereocenters. The van der Waals surface area contributed by atoms with Crippen molar-refractivity contribution < 1.29 is 29.0 Å². The van der Waals surface area contributed by atoms with Crippen LogP contribution in [0, 0.1) is 0 Å². The normalized spacial score (nSPS) is 22.7. The molecule has 42 heavy (non-hydrogen) atoms. The average molecular weight is 578 g/mol. The van der Waals surface area contributed by atoms with Crippen LogP contribution >= 0.6 is 0 Å². The number of benzene rings is 2. The van der Waals surface area contributed by atoms with Crippen LogP contribution < -0.4 is 0 Å². The number of aromatic nitrogens is 1. The Morgan fingerprint density at radius 3 is 1.43 bits per heavy atom. The molecular formula is C33H43N3O6. The Balaban J connectivity index is 1.35. The van der Waals surface area contributed by atoms with E-state index in [1.54, 1.807) is 14.2 Å². The van der Waals surface area contributed by atoms with E-state index < -0.39 is 11.6 Å². The smallest absolute Gasteiger partial charge is 0.243 e. The summed E-state index contributed by atoms with van der Waals surface area (Å²) in [6.07, 6.45) is 3.89. The maximum absolute atomic E-state index is 6.09. The summed E-state index contributed by atoms with van der Waals surface area (Å²) in [5, 5.41) is 0. The highest BCUT2D eigenvalue weighted by Gasteiger charge is 2.50. The largest absolute Gasteiger partial charge is 0.346 e. The van der Waals surface area contributed by atoms with Crippen LogP contribution in [-0.2, 0) is 53.7 Å². The third-order valence-electron chi connectivity index (χ3n) is 8.57. The summed E-state index contributed by atoms with van der Waals surface area (Å²) in [5.41, 5.74) is 3.84. The summed E-state index contributed by atoms with van der Waals surface area (Å²) in [4.78, 5) is 32.2. The zero-order valence-corrected chi connectivity index (χ0v) is 25.1. The Hall–Kier alpha value is -2.73. The van der Waals surface area contributed by atoms with Gasteiger partial charge in [0, 0.05) is 38.4 Å². The van der Waals surface area contributed by atoms with E-state index in [1.807, 2.05) is 60.7 Å². The van der Waals surface area contributed by atoms with Crippen molar-refractivity contribution in [3.63, 3.8) is 0 Å². The zero-order valence-electron chi connectivity index (χ0n) is 25.1. The van der Waals surface area contributed by atoms with E-state index in [1.165, 1.54) is 14.2 Å². The van der Waals surface area contributed by atoms with Gasteiger partial charge in [0.2, 0.25) is 11.6 Å². The summed E-state index contributed by atoms with van der Waals surface area (Å²) in [6.45, 7) is 3.17. The lowest BCUT2D eigenvalue weighted by Crippen LogP contribution is -2.50. The zero-order chi connectivity index (χ0) is 29.4. The highest BCUT2D eigenvalue weighted by molar-refractivity contribution is 5.25. The van der Waals surface area contributed by atoms with Gasteiger partial charge in [0.05, 0.1) is 37.7 Å². The molecule has 0 amide bonds. The van der Waals surface area contributed by atoms with Crippen LogP contribution in [0.4, 0.5) is 0 Å². The Morgan fingerprint density at radius 1 is 0.619 bits per heavy atom. The monoisotopic (exact) mass is 577 g/mol. The number of methoxy groups -OCH3 is 2. The average Bonchev–Trinajstić information content (AvgIpc) is 3.70. The Morgan fingerprint density at radius 2 is 1.05 bits per heavy atom. The number of rotatable bonds is 14. The van der Waals surface area contributed by atoms with Gasteiger partial charge >= 0.3 is 0 Å². The van der Waals surface area contributed by atoms with Crippen LogP contribution in [0.15, 0.2) is 78.9 Å². The molecule has 2 aliphatic heterocycles. The van der Waals surface area contributed by atoms with Crippen LogP contribution in [-0.4, -0.2) is 68.4 Å². The number of nitrogens with zero attached hydrogens (tertiary/aromatic N) is 3. The molecule has 0 bridgehead atoms. The fourth-order valence-electron chi connectivity index (χ4n) is 6.77. The van der Waals surface area contributed by atoms with Gasteiger partial charge in [0.1, 0.15) is 0 Å². The minimum absolute atomic E-state index is 0.0438. The second kappa shape index (κ2) is 14.2. The van der Waals surface area contributed by atoms with E-state index in [-0.39, 0.29) is 12.1 Å². The predicted molar refractivity (Wildman–Crippen MR) is 158 cm³/mol. The van der Waals surface area contributed by atoms with Crippen molar-refractivity contribution in [3.8, 4) is 0 Å². The lowest BCUT2D eigenvalue weighted by Gasteiger charge is -2.40. The third kappa shape index (κ3) is 6.15. The first kappa shape index (κ1) is 30.7. The Bertz CT molecular complexity index is 1160. The maximum Gasteiger partial charge on any atom is 0.243 e. The fourth-order valence-corrected chi connectivity index (χ4v) is 6.77. The molecule has 1 aromatic heterocycles. The van der Waals surface area contributed by atoms with Gasteiger partial charge in [-0.25, -0.2) is 9.78 Å². The molecule has 2 aromatic carbocycles. The number of likely N-dealkylation sites (tertiary alicyclic amines) is 2. The number of ether oxygens (including phenoxy) is 2. The molecule has 5 rings (SSSR count). The van der Waals surface area contributed by atoms with Crippen LogP contribution in [0.1, 0.15) is 48.2 Å². The third-order valence-corrected chi connectivity index (χ3v) is 8.57. The van der Waals surface area contributed by atoms with Crippen molar-refractivity contribution in [2.45, 2.75) is 62.4 Å². The molecule has 2 unspecified atom stereocenters. The first-order valence-electron chi connectivity index (χ1n) is 14.7. The van der Waals surface area contributed by atoms with Crippen LogP contribution in [0.5, 0.6) is 0 Å². The molecule has 0 saturated carbocycles. The van der Waals surface area contributed by atoms with Crippen LogP contribution in [0.3, 0.4) is 0 Å². The SMILES string of the molecule is COOC(OC)(c1ccccc1)[C@@H]1CCCN1Cc1cccc(CN2CCC[C@H]2C(OC)(OOC)c2ccccc2)n1. The van der Waals surface area contributed by atoms with Gasteiger partial charge in [-0.2, -0.15) is 9.78 Å². The molecule has 9 nitrogen and oxygen atoms in total. The minimum atomic E-state index is -1.05. The summed E-state index contributed by atoms with van der Waals surface area (Å²) in [6, 6.07) is 26.2. The van der Waals surface area contributed by atoms with E-state index in [0.717, 1.165) is 61.3 Å². The van der Waals surface area contributed by atoms with Gasteiger partial charge in [-0.3, -0.25) is 14.8 Å². The molecular weight excluding hydrogens is 534 g/mol. The summed E-state index contributed by atoms with van der Waals surface area (Å²) >= 11 is 0. The van der Waals surface area contributed by atoms with Crippen molar-refractivity contribution in [3.05, 3.63) is 101 Å². The summed E-state index contributed by atoms with van der Waals surface area (Å²) in [7, 11) is 6.41. The number of pyridine rings is 1. The van der Waals surface area contributed by atoms with E-state index >= 15 is 0 Å². The van der Waals surface area contributed by atoms with E-state index in [0.29, 0.717) is 13.1 Å². The molecule has 2 saturated heterocycles. The lowest BCUT2D eigenvalue weighted by molar-refractivity contribution is -0.434. The van der Waals surface area contributed by atoms with Gasteiger partial charge in [-0.1, -0.05) is 66.7 Å². The number of hydrogen-bond acceptors (Lipinski definition) is 9. The second-order valence-electron chi connectivity index (χ2n) is 10.9. The predicted octanol–water partition coefficient (Wildman–Crippen LogP) is 5.17. The fraction of sp³-hybridized carbons (Fsp3) is 0.485. The lowest BCUT2D eigenvalue weighted by atomic mass is 9.95. The number of hydrogen-bond donors (Lipinski definition) is 0. The molecule has 0 spiro atoms. The van der Waals surface area contributed by atoms with Crippen molar-refractivity contribution in [1.82, 2.24) is 14.8 Å². The van der Waals surface area contributed by atoms with Crippen molar-refractivity contribution in [2.75, 3.05) is 41.5 Å². The second-order valence-corrected chi connectivity index (χ2v) is 10.9. The molecule has 226 valence electrons. The van der Waals surface area contributed by atoms with Crippen molar-refractivity contribution in [2.24, 2.45) is 0 Å². The standard InChI is InChI=1S/C33H43N3O6/c1-37-32(41-39-3,26-14-7-5-8-15-26)30-20-12-22-35(30)24-28-18-11-19-29(34-28)25-36-23-13-21-31(36)33(38-2,42-40-4)27-16-9-6-10-17-27/h5-11,14-19,30-31H,12-13,20-25H2,1-4H3/t30-,31-,32?,33?/m0/s1. The van der Waals surface area contributed by atoms with Crippen molar-refractivity contribution >= 4 is 0 Å². The van der Waals surface area contributed by atoms with Crippen molar-refractivity contribution in [1.29, 1.82) is 0 Å². The highest BCUT2D eigenvalue weighted by atomic mass is 17.2. The topological polar surface area (TPSA) is 74.8 Å².